The van der Waals surface area contributed by atoms with Crippen LogP contribution in [0.3, 0.4) is 0 Å². The van der Waals surface area contributed by atoms with Crippen molar-refractivity contribution >= 4 is 0 Å². The summed E-state index contributed by atoms with van der Waals surface area (Å²) >= 11 is 0. The van der Waals surface area contributed by atoms with E-state index < -0.39 is 0 Å². The van der Waals surface area contributed by atoms with Crippen molar-refractivity contribution < 1.29 is 9.47 Å². The maximum atomic E-state index is 6.24. The molecule has 1 aliphatic carbocycles. The fourth-order valence-corrected chi connectivity index (χ4v) is 2.78. The second-order valence-electron chi connectivity index (χ2n) is 5.97. The van der Waals surface area contributed by atoms with Crippen molar-refractivity contribution in [2.45, 2.75) is 64.0 Å². The molecule has 0 saturated heterocycles. The molecule has 1 aliphatic rings. The molecule has 1 atom stereocenters. The van der Waals surface area contributed by atoms with E-state index in [0.29, 0.717) is 12.7 Å². The summed E-state index contributed by atoms with van der Waals surface area (Å²) in [6.07, 6.45) is 9.11. The van der Waals surface area contributed by atoms with Gasteiger partial charge >= 0.3 is 0 Å². The van der Waals surface area contributed by atoms with Crippen molar-refractivity contribution in [3.8, 4) is 5.75 Å². The van der Waals surface area contributed by atoms with Crippen molar-refractivity contribution in [3.05, 3.63) is 29.8 Å². The molecular formula is C18H29NO2. The third-order valence-electron chi connectivity index (χ3n) is 4.09. The maximum Gasteiger partial charge on any atom is 0.119 e. The van der Waals surface area contributed by atoms with E-state index >= 15 is 0 Å². The second-order valence-corrected chi connectivity index (χ2v) is 5.97. The minimum Gasteiger partial charge on any atom is -0.494 e. The van der Waals surface area contributed by atoms with Crippen molar-refractivity contribution in [1.82, 2.24) is 0 Å². The lowest BCUT2D eigenvalue weighted by molar-refractivity contribution is 0.0345. The van der Waals surface area contributed by atoms with Gasteiger partial charge in [-0.15, -0.1) is 0 Å². The van der Waals surface area contributed by atoms with Gasteiger partial charge in [-0.25, -0.2) is 0 Å². The van der Waals surface area contributed by atoms with Gasteiger partial charge in [-0.3, -0.25) is 0 Å². The lowest BCUT2D eigenvalue weighted by atomic mass is 10.1. The van der Waals surface area contributed by atoms with Crippen LogP contribution in [0.4, 0.5) is 0 Å². The highest BCUT2D eigenvalue weighted by Gasteiger charge is 2.15. The monoisotopic (exact) mass is 291 g/mol. The molecule has 3 nitrogen and oxygen atoms in total. The highest BCUT2D eigenvalue weighted by Crippen LogP contribution is 2.22. The number of benzene rings is 1. The first-order chi connectivity index (χ1) is 10.3. The summed E-state index contributed by atoms with van der Waals surface area (Å²) < 4.78 is 11.6. The molecule has 0 heterocycles. The first kappa shape index (κ1) is 16.3. The number of nitrogens with two attached hydrogens (primary N) is 1. The maximum absolute atomic E-state index is 6.24. The lowest BCUT2D eigenvalue weighted by Crippen LogP contribution is -2.22. The average molecular weight is 291 g/mol. The smallest absolute Gasteiger partial charge is 0.119 e. The van der Waals surface area contributed by atoms with E-state index in [1.165, 1.54) is 38.5 Å². The Morgan fingerprint density at radius 1 is 1.10 bits per heavy atom. The standard InChI is InChI=1S/C18H29NO2/c1-2-13-20-17-11-9-15(10-12-17)18(19)14-21-16-7-5-3-4-6-8-16/h9-12,16,18H,2-8,13-14,19H2,1H3. The molecular weight excluding hydrogens is 262 g/mol. The minimum absolute atomic E-state index is 0.0477. The zero-order chi connectivity index (χ0) is 14.9. The van der Waals surface area contributed by atoms with Gasteiger partial charge in [0.1, 0.15) is 5.75 Å². The number of ether oxygens (including phenoxy) is 2. The van der Waals surface area contributed by atoms with E-state index in [0.717, 1.165) is 24.3 Å². The van der Waals surface area contributed by atoms with Crippen molar-refractivity contribution in [1.29, 1.82) is 0 Å². The van der Waals surface area contributed by atoms with Crippen LogP contribution in [-0.2, 0) is 4.74 Å². The van der Waals surface area contributed by atoms with Crippen LogP contribution in [0.5, 0.6) is 5.75 Å². The molecule has 0 amide bonds. The largest absolute Gasteiger partial charge is 0.494 e. The van der Waals surface area contributed by atoms with E-state index in [1.807, 2.05) is 24.3 Å². The zero-order valence-corrected chi connectivity index (χ0v) is 13.2. The van der Waals surface area contributed by atoms with Crippen molar-refractivity contribution in [3.63, 3.8) is 0 Å². The van der Waals surface area contributed by atoms with E-state index in [-0.39, 0.29) is 6.04 Å². The van der Waals surface area contributed by atoms with E-state index in [4.69, 9.17) is 15.2 Å². The summed E-state index contributed by atoms with van der Waals surface area (Å²) in [5.74, 6) is 0.914. The Hall–Kier alpha value is -1.06. The van der Waals surface area contributed by atoms with Gasteiger partial charge in [-0.2, -0.15) is 0 Å². The molecule has 2 rings (SSSR count). The highest BCUT2D eigenvalue weighted by atomic mass is 16.5. The Morgan fingerprint density at radius 2 is 1.76 bits per heavy atom. The molecule has 0 aliphatic heterocycles. The van der Waals surface area contributed by atoms with E-state index in [9.17, 15) is 0 Å². The minimum atomic E-state index is -0.0477. The van der Waals surface area contributed by atoms with Gasteiger partial charge in [0.05, 0.1) is 25.4 Å². The van der Waals surface area contributed by atoms with Gasteiger partial charge < -0.3 is 15.2 Å². The summed E-state index contributed by atoms with van der Waals surface area (Å²) in [7, 11) is 0. The van der Waals surface area contributed by atoms with Gasteiger partial charge in [0, 0.05) is 0 Å². The first-order valence-corrected chi connectivity index (χ1v) is 8.39. The molecule has 2 N–H and O–H groups in total. The van der Waals surface area contributed by atoms with Gasteiger partial charge in [-0.05, 0) is 37.0 Å². The normalized spacial score (nSPS) is 18.2. The van der Waals surface area contributed by atoms with Crippen molar-refractivity contribution in [2.75, 3.05) is 13.2 Å². The predicted molar refractivity (Wildman–Crippen MR) is 86.6 cm³/mol. The lowest BCUT2D eigenvalue weighted by Gasteiger charge is -2.19. The number of hydrogen-bond acceptors (Lipinski definition) is 3. The van der Waals surface area contributed by atoms with Crippen LogP contribution in [0.2, 0.25) is 0 Å². The summed E-state index contributed by atoms with van der Waals surface area (Å²) in [5.41, 5.74) is 7.35. The Balaban J connectivity index is 1.77. The topological polar surface area (TPSA) is 44.5 Å². The van der Waals surface area contributed by atoms with Gasteiger partial charge in [-0.1, -0.05) is 44.7 Å². The van der Waals surface area contributed by atoms with Crippen LogP contribution in [-0.4, -0.2) is 19.3 Å². The molecule has 0 bridgehead atoms. The molecule has 1 saturated carbocycles. The molecule has 0 spiro atoms. The number of rotatable bonds is 7. The Morgan fingerprint density at radius 3 is 2.38 bits per heavy atom. The van der Waals surface area contributed by atoms with Crippen molar-refractivity contribution in [2.24, 2.45) is 5.73 Å². The Labute approximate surface area is 128 Å². The highest BCUT2D eigenvalue weighted by molar-refractivity contribution is 5.29. The predicted octanol–water partition coefficient (Wildman–Crippen LogP) is 4.21. The van der Waals surface area contributed by atoms with Gasteiger partial charge in [0.2, 0.25) is 0 Å². The Kier molecular flexibility index (Phi) is 7.04. The zero-order valence-electron chi connectivity index (χ0n) is 13.2. The van der Waals surface area contributed by atoms with E-state index in [2.05, 4.69) is 6.92 Å². The molecule has 0 aromatic heterocycles. The summed E-state index contributed by atoms with van der Waals surface area (Å²) in [6.45, 7) is 3.48. The average Bonchev–Trinajstić information content (AvgIpc) is 2.80. The Bertz CT molecular complexity index is 383. The molecule has 0 radical (unpaired) electrons. The quantitative estimate of drug-likeness (QED) is 0.765. The summed E-state index contributed by atoms with van der Waals surface area (Å²) in [4.78, 5) is 0. The molecule has 1 fully saturated rings. The second kappa shape index (κ2) is 9.06. The van der Waals surface area contributed by atoms with Gasteiger partial charge in [0.25, 0.3) is 0 Å². The van der Waals surface area contributed by atoms with Crippen LogP contribution in [0.1, 0.15) is 63.5 Å². The van der Waals surface area contributed by atoms with Crippen LogP contribution >= 0.6 is 0 Å². The van der Waals surface area contributed by atoms with Crippen LogP contribution in [0.15, 0.2) is 24.3 Å². The third kappa shape index (κ3) is 5.68. The summed E-state index contributed by atoms with van der Waals surface area (Å²) in [6, 6.07) is 8.04. The van der Waals surface area contributed by atoms with Crippen LogP contribution in [0.25, 0.3) is 0 Å². The fraction of sp³-hybridized carbons (Fsp3) is 0.667. The molecule has 118 valence electrons. The molecule has 3 heteroatoms. The van der Waals surface area contributed by atoms with Crippen LogP contribution in [0, 0.1) is 0 Å². The fourth-order valence-electron chi connectivity index (χ4n) is 2.78. The molecule has 1 aromatic rings. The summed E-state index contributed by atoms with van der Waals surface area (Å²) in [5, 5.41) is 0. The number of hydrogen-bond donors (Lipinski definition) is 1. The third-order valence-corrected chi connectivity index (χ3v) is 4.09. The SMILES string of the molecule is CCCOc1ccc(C(N)COC2CCCCCC2)cc1. The molecule has 21 heavy (non-hydrogen) atoms. The molecule has 1 unspecified atom stereocenters. The molecule has 1 aromatic carbocycles. The van der Waals surface area contributed by atoms with Crippen LogP contribution < -0.4 is 10.5 Å². The first-order valence-electron chi connectivity index (χ1n) is 8.39. The van der Waals surface area contributed by atoms with Gasteiger partial charge in [0.15, 0.2) is 0 Å². The van der Waals surface area contributed by atoms with E-state index in [1.54, 1.807) is 0 Å².